The van der Waals surface area contributed by atoms with E-state index in [1.54, 1.807) is 4.90 Å². The summed E-state index contributed by atoms with van der Waals surface area (Å²) in [6.07, 6.45) is 0.408. The van der Waals surface area contributed by atoms with E-state index in [0.717, 1.165) is 0 Å². The Morgan fingerprint density at radius 3 is 2.42 bits per heavy atom. The number of hydrogen-bond donors (Lipinski definition) is 1. The average Bonchev–Trinajstić information content (AvgIpc) is 2.58. The van der Waals surface area contributed by atoms with Crippen molar-refractivity contribution in [3.8, 4) is 0 Å². The molecule has 1 rings (SSSR count). The highest BCUT2D eigenvalue weighted by molar-refractivity contribution is 5.82. The normalized spacial score (nSPS) is 20.1. The molecule has 1 N–H and O–H groups in total. The van der Waals surface area contributed by atoms with Crippen molar-refractivity contribution in [1.29, 1.82) is 0 Å². The summed E-state index contributed by atoms with van der Waals surface area (Å²) in [5, 5.41) is 2.98. The first-order valence-corrected chi connectivity index (χ1v) is 7.04. The Bertz CT molecular complexity index is 347. The topological polar surface area (TPSA) is 52.7 Å². The van der Waals surface area contributed by atoms with Gasteiger partial charge in [0, 0.05) is 31.1 Å². The predicted octanol–water partition coefficient (Wildman–Crippen LogP) is 1.83. The third-order valence-corrected chi connectivity index (χ3v) is 3.48. The molecule has 110 valence electrons. The molecule has 1 fully saturated rings. The van der Waals surface area contributed by atoms with Gasteiger partial charge in [0.25, 0.3) is 0 Å². The molecular formula is C14H27N3O2. The highest BCUT2D eigenvalue weighted by Gasteiger charge is 2.34. The molecule has 1 saturated heterocycles. The van der Waals surface area contributed by atoms with Crippen LogP contribution in [0, 0.1) is 0 Å². The van der Waals surface area contributed by atoms with Crippen molar-refractivity contribution in [1.82, 2.24) is 15.1 Å². The van der Waals surface area contributed by atoms with Gasteiger partial charge in [-0.1, -0.05) is 0 Å². The van der Waals surface area contributed by atoms with Gasteiger partial charge in [0.15, 0.2) is 0 Å². The summed E-state index contributed by atoms with van der Waals surface area (Å²) in [4.78, 5) is 27.7. The lowest BCUT2D eigenvalue weighted by Crippen LogP contribution is -2.53. The van der Waals surface area contributed by atoms with Crippen molar-refractivity contribution in [3.05, 3.63) is 0 Å². The van der Waals surface area contributed by atoms with Crippen LogP contribution in [0.4, 0.5) is 4.79 Å². The Hall–Kier alpha value is -1.26. The van der Waals surface area contributed by atoms with Crippen LogP contribution in [0.5, 0.6) is 0 Å². The Labute approximate surface area is 116 Å². The van der Waals surface area contributed by atoms with Crippen LogP contribution in [0.3, 0.4) is 0 Å². The molecule has 0 aromatic carbocycles. The first-order chi connectivity index (χ1) is 8.66. The lowest BCUT2D eigenvalue weighted by Gasteiger charge is -2.35. The second-order valence-corrected chi connectivity index (χ2v) is 6.41. The number of hydrogen-bond acceptors (Lipinski definition) is 2. The first-order valence-electron chi connectivity index (χ1n) is 7.04. The van der Waals surface area contributed by atoms with Crippen molar-refractivity contribution in [2.45, 2.75) is 65.6 Å². The zero-order valence-corrected chi connectivity index (χ0v) is 13.0. The lowest BCUT2D eigenvalue weighted by molar-refractivity contribution is -0.129. The fourth-order valence-electron chi connectivity index (χ4n) is 2.50. The van der Waals surface area contributed by atoms with Gasteiger partial charge in [-0.05, 0) is 41.5 Å². The van der Waals surface area contributed by atoms with E-state index in [0.29, 0.717) is 19.5 Å². The number of rotatable bonds is 3. The molecule has 0 aliphatic carbocycles. The summed E-state index contributed by atoms with van der Waals surface area (Å²) >= 11 is 0. The van der Waals surface area contributed by atoms with Crippen LogP contribution in [0.15, 0.2) is 0 Å². The molecule has 0 radical (unpaired) electrons. The molecule has 1 unspecified atom stereocenters. The minimum Gasteiger partial charge on any atom is -0.338 e. The second kappa shape index (κ2) is 5.80. The van der Waals surface area contributed by atoms with Gasteiger partial charge in [-0.2, -0.15) is 0 Å². The summed E-state index contributed by atoms with van der Waals surface area (Å²) in [7, 11) is 0. The van der Waals surface area contributed by atoms with Crippen molar-refractivity contribution < 1.29 is 9.59 Å². The van der Waals surface area contributed by atoms with Gasteiger partial charge in [-0.3, -0.25) is 4.79 Å². The van der Waals surface area contributed by atoms with Crippen LogP contribution in [0.2, 0.25) is 0 Å². The molecule has 1 aliphatic heterocycles. The van der Waals surface area contributed by atoms with E-state index in [9.17, 15) is 9.59 Å². The Morgan fingerprint density at radius 1 is 1.47 bits per heavy atom. The van der Waals surface area contributed by atoms with Crippen molar-refractivity contribution in [2.75, 3.05) is 13.1 Å². The molecule has 0 aromatic rings. The number of amides is 3. The summed E-state index contributed by atoms with van der Waals surface area (Å²) in [5.41, 5.74) is -0.209. The van der Waals surface area contributed by atoms with Gasteiger partial charge in [0.05, 0.1) is 6.04 Å². The molecule has 0 saturated carbocycles. The maximum absolute atomic E-state index is 12.2. The number of urea groups is 1. The van der Waals surface area contributed by atoms with E-state index >= 15 is 0 Å². The maximum atomic E-state index is 12.2. The molecule has 1 aliphatic rings. The van der Waals surface area contributed by atoms with Gasteiger partial charge in [-0.25, -0.2) is 4.79 Å². The van der Waals surface area contributed by atoms with E-state index in [1.165, 1.54) is 0 Å². The number of nitrogens with zero attached hydrogens (tertiary/aromatic N) is 2. The minimum atomic E-state index is -0.209. The average molecular weight is 269 g/mol. The number of likely N-dealkylation sites (tertiary alicyclic amines) is 1. The molecule has 19 heavy (non-hydrogen) atoms. The highest BCUT2D eigenvalue weighted by Crippen LogP contribution is 2.17. The molecule has 0 aromatic heterocycles. The zero-order valence-electron chi connectivity index (χ0n) is 13.0. The third kappa shape index (κ3) is 3.85. The Balaban J connectivity index is 2.62. The molecule has 3 amide bonds. The fraction of sp³-hybridized carbons (Fsp3) is 0.857. The second-order valence-electron chi connectivity index (χ2n) is 6.41. The molecule has 0 spiro atoms. The van der Waals surface area contributed by atoms with Crippen LogP contribution < -0.4 is 5.32 Å². The van der Waals surface area contributed by atoms with E-state index in [-0.39, 0.29) is 29.6 Å². The minimum absolute atomic E-state index is 0.0706. The van der Waals surface area contributed by atoms with Crippen LogP contribution >= 0.6 is 0 Å². The van der Waals surface area contributed by atoms with Crippen LogP contribution in [-0.2, 0) is 4.79 Å². The van der Waals surface area contributed by atoms with Gasteiger partial charge < -0.3 is 15.1 Å². The summed E-state index contributed by atoms with van der Waals surface area (Å²) in [6.45, 7) is 13.3. The zero-order chi connectivity index (χ0) is 14.8. The Kier molecular flexibility index (Phi) is 4.82. The third-order valence-electron chi connectivity index (χ3n) is 3.48. The van der Waals surface area contributed by atoms with Crippen molar-refractivity contribution >= 4 is 11.9 Å². The SMILES string of the molecule is CCN(C(=O)NC1CC(=O)N(C(C)C)C1)C(C)(C)C. The molecule has 5 heteroatoms. The number of nitrogens with one attached hydrogen (secondary N) is 1. The number of carbonyl (C=O) groups is 2. The predicted molar refractivity (Wildman–Crippen MR) is 75.9 cm³/mol. The van der Waals surface area contributed by atoms with Crippen LogP contribution in [-0.4, -0.2) is 52.5 Å². The van der Waals surface area contributed by atoms with Crippen LogP contribution in [0.1, 0.15) is 48.0 Å². The molecule has 1 atom stereocenters. The van der Waals surface area contributed by atoms with E-state index in [4.69, 9.17) is 0 Å². The first kappa shape index (κ1) is 15.8. The van der Waals surface area contributed by atoms with Crippen LogP contribution in [0.25, 0.3) is 0 Å². The molecule has 0 bridgehead atoms. The maximum Gasteiger partial charge on any atom is 0.318 e. The van der Waals surface area contributed by atoms with E-state index < -0.39 is 0 Å². The summed E-state index contributed by atoms with van der Waals surface area (Å²) in [5.74, 6) is 0.124. The monoisotopic (exact) mass is 269 g/mol. The molecule has 5 nitrogen and oxygen atoms in total. The summed E-state index contributed by atoms with van der Waals surface area (Å²) in [6, 6.07) is 0.0384. The van der Waals surface area contributed by atoms with Crippen molar-refractivity contribution in [2.24, 2.45) is 0 Å². The fourth-order valence-corrected chi connectivity index (χ4v) is 2.50. The van der Waals surface area contributed by atoms with E-state index in [2.05, 4.69) is 5.32 Å². The standard InChI is InChI=1S/C14H27N3O2/c1-7-17(14(4,5)6)13(19)15-11-8-12(18)16(9-11)10(2)3/h10-11H,7-9H2,1-6H3,(H,15,19). The quantitative estimate of drug-likeness (QED) is 0.849. The van der Waals surface area contributed by atoms with Gasteiger partial charge >= 0.3 is 6.03 Å². The van der Waals surface area contributed by atoms with E-state index in [1.807, 2.05) is 46.4 Å². The summed E-state index contributed by atoms with van der Waals surface area (Å²) < 4.78 is 0. The highest BCUT2D eigenvalue weighted by atomic mass is 16.2. The Morgan fingerprint density at radius 2 is 2.05 bits per heavy atom. The van der Waals surface area contributed by atoms with Crippen molar-refractivity contribution in [3.63, 3.8) is 0 Å². The smallest absolute Gasteiger partial charge is 0.318 e. The van der Waals surface area contributed by atoms with Gasteiger partial charge in [-0.15, -0.1) is 0 Å². The largest absolute Gasteiger partial charge is 0.338 e. The number of carbonyl (C=O) groups excluding carboxylic acids is 2. The van der Waals surface area contributed by atoms with Gasteiger partial charge in [0.2, 0.25) is 5.91 Å². The molecule has 1 heterocycles. The van der Waals surface area contributed by atoms with Gasteiger partial charge in [0.1, 0.15) is 0 Å². The lowest BCUT2D eigenvalue weighted by atomic mass is 10.1. The molecular weight excluding hydrogens is 242 g/mol.